The Morgan fingerprint density at radius 3 is 2.50 bits per heavy atom. The average Bonchev–Trinajstić information content (AvgIpc) is 2.21. The normalized spacial score (nSPS) is 14.9. The van der Waals surface area contributed by atoms with E-state index in [1.54, 1.807) is 0 Å². The van der Waals surface area contributed by atoms with E-state index in [4.69, 9.17) is 5.26 Å². The first-order valence-electron chi connectivity index (χ1n) is 5.05. The van der Waals surface area contributed by atoms with Gasteiger partial charge in [0, 0.05) is 5.57 Å². The van der Waals surface area contributed by atoms with Crippen molar-refractivity contribution in [2.24, 2.45) is 5.92 Å². The molecule has 0 aliphatic carbocycles. The number of nitrogens with zero attached hydrogens (tertiary/aromatic N) is 1. The second-order valence-corrected chi connectivity index (χ2v) is 3.33. The molecule has 1 atom stereocenters. The number of hydrogen-bond donors (Lipinski definition) is 0. The molecule has 0 aromatic carbocycles. The van der Waals surface area contributed by atoms with Crippen molar-refractivity contribution >= 4 is 0 Å². The fourth-order valence-corrected chi connectivity index (χ4v) is 1.21. The summed E-state index contributed by atoms with van der Waals surface area (Å²) in [5.41, 5.74) is 0.806. The van der Waals surface area contributed by atoms with Crippen molar-refractivity contribution in [3.63, 3.8) is 0 Å². The summed E-state index contributed by atoms with van der Waals surface area (Å²) in [7, 11) is 0. The van der Waals surface area contributed by atoms with Crippen molar-refractivity contribution in [1.29, 1.82) is 5.26 Å². The molecule has 1 heteroatoms. The topological polar surface area (TPSA) is 23.8 Å². The molecule has 0 radical (unpaired) electrons. The first-order chi connectivity index (χ1) is 6.74. The van der Waals surface area contributed by atoms with E-state index in [9.17, 15) is 0 Å². The lowest BCUT2D eigenvalue weighted by Gasteiger charge is -2.06. The van der Waals surface area contributed by atoms with Crippen LogP contribution in [0.3, 0.4) is 0 Å². The van der Waals surface area contributed by atoms with Crippen molar-refractivity contribution in [1.82, 2.24) is 0 Å². The highest BCUT2D eigenvalue weighted by Crippen LogP contribution is 2.13. The molecule has 0 bridgehead atoms. The zero-order valence-electron chi connectivity index (χ0n) is 9.33. The molecule has 76 valence electrons. The van der Waals surface area contributed by atoms with Crippen LogP contribution in [0, 0.1) is 17.2 Å². The maximum atomic E-state index is 8.60. The first kappa shape index (κ1) is 12.7. The summed E-state index contributed by atoms with van der Waals surface area (Å²) >= 11 is 0. The van der Waals surface area contributed by atoms with Crippen molar-refractivity contribution in [2.45, 2.75) is 33.6 Å². The van der Waals surface area contributed by atoms with Crippen LogP contribution in [0.1, 0.15) is 33.6 Å². The molecule has 1 unspecified atom stereocenters. The molecule has 0 saturated carbocycles. The molecule has 0 aliphatic heterocycles. The maximum absolute atomic E-state index is 8.60. The highest BCUT2D eigenvalue weighted by atomic mass is 14.2. The monoisotopic (exact) mass is 189 g/mol. The number of rotatable bonds is 5. The van der Waals surface area contributed by atoms with E-state index in [0.717, 1.165) is 18.4 Å². The van der Waals surface area contributed by atoms with Crippen molar-refractivity contribution in [2.75, 3.05) is 0 Å². The van der Waals surface area contributed by atoms with Gasteiger partial charge in [0.25, 0.3) is 0 Å². The van der Waals surface area contributed by atoms with Gasteiger partial charge in [-0.25, -0.2) is 0 Å². The van der Waals surface area contributed by atoms with E-state index in [2.05, 4.69) is 30.4 Å². The van der Waals surface area contributed by atoms with E-state index >= 15 is 0 Å². The molecule has 0 aromatic heterocycles. The lowest BCUT2D eigenvalue weighted by molar-refractivity contribution is 0.672. The zero-order chi connectivity index (χ0) is 10.8. The lowest BCUT2D eigenvalue weighted by Crippen LogP contribution is -1.92. The van der Waals surface area contributed by atoms with Crippen LogP contribution in [0.25, 0.3) is 0 Å². The predicted molar refractivity (Wildman–Crippen MR) is 61.7 cm³/mol. The van der Waals surface area contributed by atoms with Gasteiger partial charge in [0.05, 0.1) is 6.07 Å². The van der Waals surface area contributed by atoms with Crippen LogP contribution in [-0.2, 0) is 0 Å². The molecule has 0 saturated heterocycles. The highest BCUT2D eigenvalue weighted by molar-refractivity contribution is 5.17. The van der Waals surface area contributed by atoms with Crippen LogP contribution in [-0.4, -0.2) is 0 Å². The van der Waals surface area contributed by atoms with E-state index in [-0.39, 0.29) is 0 Å². The Morgan fingerprint density at radius 2 is 2.00 bits per heavy atom. The second kappa shape index (κ2) is 8.31. The molecule has 14 heavy (non-hydrogen) atoms. The minimum Gasteiger partial charge on any atom is -0.193 e. The summed E-state index contributed by atoms with van der Waals surface area (Å²) < 4.78 is 0. The van der Waals surface area contributed by atoms with E-state index < -0.39 is 0 Å². The van der Waals surface area contributed by atoms with Crippen LogP contribution in [0.4, 0.5) is 0 Å². The Kier molecular flexibility index (Phi) is 7.55. The van der Waals surface area contributed by atoms with Crippen molar-refractivity contribution in [3.8, 4) is 6.07 Å². The van der Waals surface area contributed by atoms with Gasteiger partial charge in [-0.15, -0.1) is 0 Å². The lowest BCUT2D eigenvalue weighted by atomic mass is 9.99. The third-order valence-corrected chi connectivity index (χ3v) is 2.04. The van der Waals surface area contributed by atoms with Crippen LogP contribution in [0.15, 0.2) is 36.0 Å². The summed E-state index contributed by atoms with van der Waals surface area (Å²) in [6.45, 7) is 5.91. The minimum atomic E-state index is 0.527. The Balaban J connectivity index is 4.17. The third-order valence-electron chi connectivity index (χ3n) is 2.04. The molecule has 0 rings (SSSR count). The van der Waals surface area contributed by atoms with Gasteiger partial charge < -0.3 is 0 Å². The van der Waals surface area contributed by atoms with Crippen LogP contribution in [0.5, 0.6) is 0 Å². The SMILES string of the molecule is C/C=C\CC(/C=C\C)C/C=C(\C)C#N. The standard InChI is InChI=1S/C13H19N/c1-4-6-8-13(7-5-2)10-9-12(3)11-14/h4-7,9,13H,8,10H2,1-3H3/b6-4-,7-5-,12-9+. The van der Waals surface area contributed by atoms with Gasteiger partial charge in [0.15, 0.2) is 0 Å². The fraction of sp³-hybridized carbons (Fsp3) is 0.462. The smallest absolute Gasteiger partial charge is 0.0940 e. The molecule has 1 nitrogen and oxygen atoms in total. The average molecular weight is 189 g/mol. The zero-order valence-corrected chi connectivity index (χ0v) is 9.33. The van der Waals surface area contributed by atoms with Gasteiger partial charge in [-0.2, -0.15) is 5.26 Å². The molecule has 0 aliphatic rings. The fourth-order valence-electron chi connectivity index (χ4n) is 1.21. The molecule has 0 aromatic rings. The molecule has 0 heterocycles. The Hall–Kier alpha value is -1.29. The summed E-state index contributed by atoms with van der Waals surface area (Å²) in [6, 6.07) is 2.14. The molecular formula is C13H19N. The summed E-state index contributed by atoms with van der Waals surface area (Å²) in [6.07, 6.45) is 12.5. The van der Waals surface area contributed by atoms with E-state index in [1.165, 1.54) is 0 Å². The minimum absolute atomic E-state index is 0.527. The molecular weight excluding hydrogens is 170 g/mol. The van der Waals surface area contributed by atoms with Crippen molar-refractivity contribution in [3.05, 3.63) is 36.0 Å². The summed E-state index contributed by atoms with van der Waals surface area (Å²) in [4.78, 5) is 0. The molecule has 0 spiro atoms. The van der Waals surface area contributed by atoms with Gasteiger partial charge in [-0.1, -0.05) is 30.4 Å². The van der Waals surface area contributed by atoms with Gasteiger partial charge in [0.1, 0.15) is 0 Å². The Labute approximate surface area is 87.4 Å². The molecule has 0 N–H and O–H groups in total. The van der Waals surface area contributed by atoms with E-state index in [0.29, 0.717) is 5.92 Å². The van der Waals surface area contributed by atoms with Crippen LogP contribution >= 0.6 is 0 Å². The van der Waals surface area contributed by atoms with E-state index in [1.807, 2.05) is 26.8 Å². The van der Waals surface area contributed by atoms with Crippen LogP contribution < -0.4 is 0 Å². The number of nitriles is 1. The van der Waals surface area contributed by atoms with Gasteiger partial charge in [-0.05, 0) is 39.5 Å². The Bertz CT molecular complexity index is 263. The molecule has 0 fully saturated rings. The second-order valence-electron chi connectivity index (χ2n) is 3.33. The summed E-state index contributed by atoms with van der Waals surface area (Å²) in [5, 5.41) is 8.60. The molecule has 0 amide bonds. The third kappa shape index (κ3) is 6.25. The Morgan fingerprint density at radius 1 is 1.29 bits per heavy atom. The summed E-state index contributed by atoms with van der Waals surface area (Å²) in [5.74, 6) is 0.527. The largest absolute Gasteiger partial charge is 0.193 e. The van der Waals surface area contributed by atoms with Gasteiger partial charge in [0.2, 0.25) is 0 Å². The maximum Gasteiger partial charge on any atom is 0.0940 e. The van der Waals surface area contributed by atoms with Crippen molar-refractivity contribution < 1.29 is 0 Å². The van der Waals surface area contributed by atoms with Gasteiger partial charge >= 0.3 is 0 Å². The quantitative estimate of drug-likeness (QED) is 0.473. The van der Waals surface area contributed by atoms with Gasteiger partial charge in [-0.3, -0.25) is 0 Å². The number of hydrogen-bond acceptors (Lipinski definition) is 1. The first-order valence-corrected chi connectivity index (χ1v) is 5.05. The predicted octanol–water partition coefficient (Wildman–Crippen LogP) is 4.00. The highest BCUT2D eigenvalue weighted by Gasteiger charge is 1.99. The number of allylic oxidation sites excluding steroid dienone is 6. The van der Waals surface area contributed by atoms with Crippen LogP contribution in [0.2, 0.25) is 0 Å².